The Hall–Kier alpha value is -1.56. The number of hydrogen-bond donors (Lipinski definition) is 0. The van der Waals surface area contributed by atoms with Gasteiger partial charge in [-0.05, 0) is 31.1 Å². The fourth-order valence-electron chi connectivity index (χ4n) is 0. The van der Waals surface area contributed by atoms with Gasteiger partial charge in [0, 0.05) is 0 Å². The van der Waals surface area contributed by atoms with Gasteiger partial charge in [-0.25, -0.2) is 0 Å². The van der Waals surface area contributed by atoms with Gasteiger partial charge in [-0.1, -0.05) is 624 Å². The summed E-state index contributed by atoms with van der Waals surface area (Å²) in [4.78, 5) is 0. The van der Waals surface area contributed by atoms with Crippen molar-refractivity contribution in [2.24, 2.45) is 17.8 Å². The van der Waals surface area contributed by atoms with Crippen LogP contribution in [0.5, 0.6) is 0 Å². The number of allylic oxidation sites excluding steroid dienone is 2. The Balaban J connectivity index is -0.00000000397. The maximum Gasteiger partial charge on any atom is -0.0382 e. The van der Waals surface area contributed by atoms with E-state index in [1.165, 1.54) is 44.9 Å². The van der Waals surface area contributed by atoms with Gasteiger partial charge >= 0.3 is 0 Å². The standard InChI is InChI=1S/4C4H10.C4H8.5C3H8.C3H6.16C2H6.4C2H4.26CH4/c3*1-4(2)3;2*1-3-4-2;6*1-3-2;20*1-2;;;;;;;;;;;;;;;;;;;;;;;;;;/h3*4H,1-3H3;3-4H2,1-2H3;3H,1,4H2,2H3;5*3H2,1-2H3;3H,1H2,2H3;16*1-2H3;4*1-2H2;26*1H4. The molecule has 0 radical (unpaired) electrons. The van der Waals surface area contributed by atoms with Crippen LogP contribution in [0.2, 0.25) is 0 Å². The topological polar surface area (TPSA) is 0 Å². The number of unbranched alkanes of at least 4 members (excludes halogenated alkanes) is 1. The third kappa shape index (κ3) is 5130000. The fraction of sp³-hybridized carbons (Fsp3) is 0.885. The lowest BCUT2D eigenvalue weighted by atomic mass is 10.3. The molecular weight excluding hydrogens is 1250 g/mol. The van der Waals surface area contributed by atoms with E-state index >= 15 is 0 Å². The predicted molar refractivity (Wildman–Crippen MR) is 600 cm³/mol. The normalized spacial score (nSPS) is 3.63. The minimum Gasteiger partial charge on any atom is -0.106 e. The quantitative estimate of drug-likeness (QED) is 0.242. The molecule has 0 aromatic heterocycles. The third-order valence-electron chi connectivity index (χ3n) is 0.789. The molecule has 726 valence electrons. The van der Waals surface area contributed by atoms with Gasteiger partial charge < -0.3 is 0 Å². The summed E-state index contributed by atoms with van der Waals surface area (Å²) >= 11 is 0. The second-order valence-corrected chi connectivity index (χ2v) is 10.8. The Morgan fingerprint density at radius 1 is 0.173 bits per heavy atom. The van der Waals surface area contributed by atoms with E-state index in [0.29, 0.717) is 0 Å². The van der Waals surface area contributed by atoms with Gasteiger partial charge in [0.25, 0.3) is 0 Å². The van der Waals surface area contributed by atoms with Crippen molar-refractivity contribution >= 4 is 0 Å². The first kappa shape index (κ1) is 511. The summed E-state index contributed by atoms with van der Waals surface area (Å²) in [6.45, 7) is 144. The van der Waals surface area contributed by atoms with Gasteiger partial charge in [0.1, 0.15) is 0 Å². The monoisotopic (exact) mass is 1560 g/mol. The van der Waals surface area contributed by atoms with E-state index in [9.17, 15) is 0 Å². The highest BCUT2D eigenvalue weighted by Gasteiger charge is 1.69. The van der Waals surface area contributed by atoms with Crippen LogP contribution < -0.4 is 0 Å². The van der Waals surface area contributed by atoms with Gasteiger partial charge in [0.2, 0.25) is 0 Å². The molecule has 0 aromatic carbocycles. The van der Waals surface area contributed by atoms with Crippen molar-refractivity contribution in [1.82, 2.24) is 0 Å². The third-order valence-corrected chi connectivity index (χ3v) is 0.789. The lowest BCUT2D eigenvalue weighted by Crippen LogP contribution is -1.66. The maximum atomic E-state index is 3.48. The smallest absolute Gasteiger partial charge is 0.0382 e. The molecule has 0 fully saturated rings. The summed E-state index contributed by atoms with van der Waals surface area (Å²) in [5.74, 6) is 2.50. The molecule has 0 aliphatic carbocycles. The molecule has 0 aliphatic rings. The predicted octanol–water partition coefficient (Wildman–Crippen LogP) is 52.8. The highest BCUT2D eigenvalue weighted by Crippen LogP contribution is 1.82. The summed E-state index contributed by atoms with van der Waals surface area (Å²) in [6.07, 6.45) is 13.6. The molecule has 0 amide bonds. The molecule has 0 saturated heterocycles. The Labute approximate surface area is 717 Å². The minimum absolute atomic E-state index is 0. The summed E-state index contributed by atoms with van der Waals surface area (Å²) < 4.78 is 0. The Bertz CT molecular complexity index is 203. The van der Waals surface area contributed by atoms with Crippen LogP contribution in [0, 0.1) is 17.8 Å². The first-order valence-corrected chi connectivity index (χ1v) is 34.7. The van der Waals surface area contributed by atoms with Crippen LogP contribution in [0.4, 0.5) is 0 Å². The lowest BCUT2D eigenvalue weighted by Gasteiger charge is -1.79. The zero-order valence-electron chi connectivity index (χ0n) is 70.6. The molecule has 0 aromatic rings. The van der Waals surface area contributed by atoms with E-state index in [0.717, 1.165) is 24.2 Å². The van der Waals surface area contributed by atoms with E-state index in [1.54, 1.807) is 6.08 Å². The van der Waals surface area contributed by atoms with E-state index < -0.39 is 0 Å². The summed E-state index contributed by atoms with van der Waals surface area (Å²) in [5, 5.41) is 0. The van der Waals surface area contributed by atoms with Gasteiger partial charge in [0.05, 0.1) is 0 Å². The van der Waals surface area contributed by atoms with Crippen LogP contribution in [-0.4, -0.2) is 0 Å². The highest BCUT2D eigenvalue weighted by molar-refractivity contribution is 4.60. The number of rotatable bonds is 2. The molecule has 0 rings (SSSR count). The van der Waals surface area contributed by atoms with Crippen molar-refractivity contribution < 1.29 is 0 Å². The van der Waals surface area contributed by atoms with Crippen LogP contribution in [0.3, 0.4) is 0 Å². The van der Waals surface area contributed by atoms with Gasteiger partial charge in [0.15, 0.2) is 0 Å². The fourth-order valence-corrected chi connectivity index (χ4v) is 0. The molecule has 0 heteroatoms. The first-order chi connectivity index (χ1) is 37.5. The highest BCUT2D eigenvalue weighted by atomic mass is 13.8. The largest absolute Gasteiger partial charge is 0.106 e. The van der Waals surface area contributed by atoms with Crippen molar-refractivity contribution in [1.29, 1.82) is 0 Å². The van der Waals surface area contributed by atoms with Crippen LogP contribution in [0.15, 0.2) is 77.9 Å². The van der Waals surface area contributed by atoms with Crippen molar-refractivity contribution in [2.45, 2.75) is 625 Å². The number of hydrogen-bond acceptors (Lipinski definition) is 0. The first-order valence-electron chi connectivity index (χ1n) is 34.7. The lowest BCUT2D eigenvalue weighted by molar-refractivity contribution is 0.736. The summed E-state index contributed by atoms with van der Waals surface area (Å²) in [7, 11) is 0. The SMILES string of the molecule is C.C.C.C.C.C.C.C.C.C.C.C.C.C.C.C.C.C.C.C.C.C.C.C.C.C.C=C.C=C.C=C.C=C.C=CC.C=CCC.CC.CC.CC.CC.CC.CC.CC.CC.CC.CC.CC.CC.CC.CC.CC.CC.CC(C)C.CC(C)C.CC(C)C.CCC.CCC.CCC.CCC.CCC.CCCC. The zero-order valence-corrected chi connectivity index (χ0v) is 70.6. The molecule has 0 unspecified atom stereocenters. The van der Waals surface area contributed by atoms with Crippen molar-refractivity contribution in [3.05, 3.63) is 77.9 Å². The molecule has 104 heavy (non-hydrogen) atoms. The van der Waals surface area contributed by atoms with E-state index in [2.05, 4.69) is 218 Å². The van der Waals surface area contributed by atoms with E-state index in [-0.39, 0.29) is 193 Å². The summed E-state index contributed by atoms with van der Waals surface area (Å²) in [6, 6.07) is 0. The molecule has 0 spiro atoms. The maximum absolute atomic E-state index is 3.48. The van der Waals surface area contributed by atoms with Crippen LogP contribution in [0.25, 0.3) is 0 Å². The van der Waals surface area contributed by atoms with Gasteiger partial charge in [-0.3, -0.25) is 0 Å². The van der Waals surface area contributed by atoms with Gasteiger partial charge in [-0.15, -0.1) is 65.8 Å². The second kappa shape index (κ2) is 3360. The van der Waals surface area contributed by atoms with E-state index in [4.69, 9.17) is 0 Å². The van der Waals surface area contributed by atoms with Gasteiger partial charge in [-0.2, -0.15) is 0 Å². The van der Waals surface area contributed by atoms with Crippen molar-refractivity contribution in [2.75, 3.05) is 0 Å². The average molecular weight is 1560 g/mol. The molecule has 0 atom stereocenters. The molecule has 0 heterocycles. The Kier molecular flexibility index (Phi) is 16500. The molecule has 0 aliphatic heterocycles. The second-order valence-electron chi connectivity index (χ2n) is 10.8. The molecule has 0 N–H and O–H groups in total. The zero-order chi connectivity index (χ0) is 73.8. The molecule has 0 nitrogen and oxygen atoms in total. The van der Waals surface area contributed by atoms with Crippen LogP contribution in [-0.2, 0) is 0 Å². The molecule has 0 bridgehead atoms. The summed E-state index contributed by atoms with van der Waals surface area (Å²) in [5.41, 5.74) is 0. The van der Waals surface area contributed by atoms with Crippen LogP contribution >= 0.6 is 0 Å². The minimum atomic E-state index is 0. The molecule has 0 saturated carbocycles. The van der Waals surface area contributed by atoms with Crippen molar-refractivity contribution in [3.63, 3.8) is 0 Å². The average Bonchev–Trinajstić information content (AvgIpc) is 3.52. The molecular formula is C104H310. The Morgan fingerprint density at radius 3 is 0.192 bits per heavy atom. The van der Waals surface area contributed by atoms with E-state index in [1.807, 2.05) is 235 Å². The Morgan fingerprint density at radius 2 is 0.192 bits per heavy atom. The van der Waals surface area contributed by atoms with Crippen molar-refractivity contribution in [3.8, 4) is 0 Å². The van der Waals surface area contributed by atoms with Crippen LogP contribution in [0.1, 0.15) is 625 Å².